The summed E-state index contributed by atoms with van der Waals surface area (Å²) in [6, 6.07) is 0. The van der Waals surface area contributed by atoms with Crippen molar-refractivity contribution >= 4 is 11.9 Å². The van der Waals surface area contributed by atoms with Crippen LogP contribution in [0.4, 0.5) is 0 Å². The number of nitrogens with zero attached hydrogens (tertiary/aromatic N) is 3. The number of likely N-dealkylation sites (tertiary alicyclic amines) is 1. The molecule has 2 rings (SSSR count). The van der Waals surface area contributed by atoms with E-state index < -0.39 is 5.97 Å². The van der Waals surface area contributed by atoms with Gasteiger partial charge in [0.2, 0.25) is 0 Å². The number of carboxylic acid groups (broad SMARTS) is 1. The number of carbonyl (C=O) groups excluding carboxylic acids is 1. The third-order valence-corrected chi connectivity index (χ3v) is 4.09. The molecule has 0 spiro atoms. The van der Waals surface area contributed by atoms with Gasteiger partial charge in [0.05, 0.1) is 17.3 Å². The summed E-state index contributed by atoms with van der Waals surface area (Å²) in [7, 11) is 0. The molecule has 22 heavy (non-hydrogen) atoms. The molecule has 1 atom stereocenters. The first-order valence-electron chi connectivity index (χ1n) is 7.83. The molecule has 0 aromatic carbocycles. The van der Waals surface area contributed by atoms with Gasteiger partial charge in [-0.2, -0.15) is 5.10 Å². The van der Waals surface area contributed by atoms with E-state index >= 15 is 0 Å². The van der Waals surface area contributed by atoms with Gasteiger partial charge in [-0.15, -0.1) is 0 Å². The summed E-state index contributed by atoms with van der Waals surface area (Å²) in [6.45, 7) is 7.50. The van der Waals surface area contributed by atoms with Crippen molar-refractivity contribution in [2.24, 2.45) is 5.92 Å². The van der Waals surface area contributed by atoms with Crippen molar-refractivity contribution in [3.63, 3.8) is 0 Å². The van der Waals surface area contributed by atoms with E-state index in [9.17, 15) is 9.59 Å². The third kappa shape index (κ3) is 4.08. The molecule has 1 saturated heterocycles. The Bertz CT molecular complexity index is 545. The molecule has 1 aliphatic heterocycles. The fourth-order valence-electron chi connectivity index (χ4n) is 2.80. The average Bonchev–Trinajstić information content (AvgIpc) is 2.94. The van der Waals surface area contributed by atoms with Gasteiger partial charge in [0.1, 0.15) is 0 Å². The van der Waals surface area contributed by atoms with Crippen LogP contribution < -0.4 is 0 Å². The zero-order chi connectivity index (χ0) is 16.3. The van der Waals surface area contributed by atoms with Crippen molar-refractivity contribution in [2.75, 3.05) is 13.1 Å². The molecule has 1 unspecified atom stereocenters. The van der Waals surface area contributed by atoms with Crippen molar-refractivity contribution in [3.8, 4) is 0 Å². The van der Waals surface area contributed by atoms with Gasteiger partial charge >= 0.3 is 5.97 Å². The Kier molecular flexibility index (Phi) is 4.88. The zero-order valence-electron chi connectivity index (χ0n) is 13.6. The maximum absolute atomic E-state index is 12.6. The molecule has 2 heterocycles. The summed E-state index contributed by atoms with van der Waals surface area (Å²) in [5.74, 6) is -0.489. The molecule has 0 bridgehead atoms. The van der Waals surface area contributed by atoms with Crippen LogP contribution in [0.1, 0.15) is 56.8 Å². The van der Waals surface area contributed by atoms with Gasteiger partial charge < -0.3 is 10.0 Å². The predicted octanol–water partition coefficient (Wildman–Crippen LogP) is 2.36. The van der Waals surface area contributed by atoms with Gasteiger partial charge in [0.25, 0.3) is 5.91 Å². The highest BCUT2D eigenvalue weighted by molar-refractivity contribution is 5.93. The maximum atomic E-state index is 12.6. The quantitative estimate of drug-likeness (QED) is 0.926. The number of aliphatic carboxylic acids is 1. The zero-order valence-corrected chi connectivity index (χ0v) is 13.6. The molecule has 6 nitrogen and oxygen atoms in total. The van der Waals surface area contributed by atoms with Crippen LogP contribution in [0, 0.1) is 5.92 Å². The van der Waals surface area contributed by atoms with Gasteiger partial charge in [-0.1, -0.05) is 0 Å². The topological polar surface area (TPSA) is 75.4 Å². The number of rotatable bonds is 4. The Morgan fingerprint density at radius 3 is 2.73 bits per heavy atom. The van der Waals surface area contributed by atoms with Crippen molar-refractivity contribution in [1.82, 2.24) is 14.7 Å². The molecule has 1 N–H and O–H groups in total. The molecule has 1 aromatic rings. The number of carbonyl (C=O) groups is 2. The number of hydrogen-bond acceptors (Lipinski definition) is 3. The minimum absolute atomic E-state index is 0.00414. The molecule has 1 aliphatic rings. The Labute approximate surface area is 131 Å². The summed E-state index contributed by atoms with van der Waals surface area (Å²) >= 11 is 0. The van der Waals surface area contributed by atoms with Crippen molar-refractivity contribution in [3.05, 3.63) is 18.0 Å². The lowest BCUT2D eigenvalue weighted by atomic mass is 9.93. The molecule has 6 heteroatoms. The monoisotopic (exact) mass is 307 g/mol. The molecule has 1 amide bonds. The second kappa shape index (κ2) is 6.50. The SMILES string of the molecule is CC(C)(C)n1cc(C(=O)N2CCCC(CCC(=O)O)C2)cn1. The van der Waals surface area contributed by atoms with Crippen molar-refractivity contribution in [1.29, 1.82) is 0 Å². The second-order valence-electron chi connectivity index (χ2n) is 7.04. The van der Waals surface area contributed by atoms with Crippen LogP contribution in [-0.4, -0.2) is 44.8 Å². The Balaban J connectivity index is 1.99. The van der Waals surface area contributed by atoms with Crippen LogP contribution in [0.3, 0.4) is 0 Å². The standard InChI is InChI=1S/C16H25N3O3/c1-16(2,3)19-11-13(9-17-19)15(22)18-8-4-5-12(10-18)6-7-14(20)21/h9,11-12H,4-8,10H2,1-3H3,(H,20,21). The fourth-order valence-corrected chi connectivity index (χ4v) is 2.80. The van der Waals surface area contributed by atoms with Gasteiger partial charge in [-0.25, -0.2) is 0 Å². The summed E-state index contributed by atoms with van der Waals surface area (Å²) in [5.41, 5.74) is 0.457. The van der Waals surface area contributed by atoms with Gasteiger partial charge in [0.15, 0.2) is 0 Å². The first kappa shape index (κ1) is 16.5. The lowest BCUT2D eigenvalue weighted by molar-refractivity contribution is -0.137. The highest BCUT2D eigenvalue weighted by Gasteiger charge is 2.26. The van der Waals surface area contributed by atoms with E-state index in [0.29, 0.717) is 18.5 Å². The average molecular weight is 307 g/mol. The third-order valence-electron chi connectivity index (χ3n) is 4.09. The molecular formula is C16H25N3O3. The van der Waals surface area contributed by atoms with E-state index in [1.165, 1.54) is 0 Å². The van der Waals surface area contributed by atoms with Crippen LogP contribution in [0.25, 0.3) is 0 Å². The molecule has 0 saturated carbocycles. The smallest absolute Gasteiger partial charge is 0.303 e. The number of carboxylic acids is 1. The second-order valence-corrected chi connectivity index (χ2v) is 7.04. The van der Waals surface area contributed by atoms with Crippen molar-refractivity contribution in [2.45, 2.75) is 52.0 Å². The number of piperidine rings is 1. The minimum atomic E-state index is -0.769. The molecule has 1 fully saturated rings. The van der Waals surface area contributed by atoms with Crippen LogP contribution in [0.2, 0.25) is 0 Å². The van der Waals surface area contributed by atoms with Crippen LogP contribution in [0.5, 0.6) is 0 Å². The Morgan fingerprint density at radius 2 is 2.14 bits per heavy atom. The van der Waals surface area contributed by atoms with Gasteiger partial charge in [0, 0.05) is 25.7 Å². The van der Waals surface area contributed by atoms with E-state index in [0.717, 1.165) is 19.4 Å². The first-order chi connectivity index (χ1) is 10.3. The van der Waals surface area contributed by atoms with E-state index in [1.54, 1.807) is 17.1 Å². The highest BCUT2D eigenvalue weighted by atomic mass is 16.4. The summed E-state index contributed by atoms with van der Waals surface area (Å²) in [5, 5.41) is 13.1. The van der Waals surface area contributed by atoms with Gasteiger partial charge in [-0.3, -0.25) is 14.3 Å². The van der Waals surface area contributed by atoms with Crippen LogP contribution in [-0.2, 0) is 10.3 Å². The summed E-state index contributed by atoms with van der Waals surface area (Å²) < 4.78 is 1.80. The molecule has 1 aromatic heterocycles. The van der Waals surface area contributed by atoms with E-state index in [1.807, 2.05) is 25.7 Å². The predicted molar refractivity (Wildman–Crippen MR) is 82.7 cm³/mol. The van der Waals surface area contributed by atoms with Crippen LogP contribution in [0.15, 0.2) is 12.4 Å². The highest BCUT2D eigenvalue weighted by Crippen LogP contribution is 2.23. The number of amides is 1. The Hall–Kier alpha value is -1.85. The Morgan fingerprint density at radius 1 is 1.41 bits per heavy atom. The lowest BCUT2D eigenvalue weighted by Crippen LogP contribution is -2.40. The fraction of sp³-hybridized carbons (Fsp3) is 0.688. The maximum Gasteiger partial charge on any atom is 0.303 e. The van der Waals surface area contributed by atoms with E-state index in [4.69, 9.17) is 5.11 Å². The minimum Gasteiger partial charge on any atom is -0.481 e. The number of hydrogen-bond donors (Lipinski definition) is 1. The van der Waals surface area contributed by atoms with Crippen LogP contribution >= 0.6 is 0 Å². The molecule has 122 valence electrons. The summed E-state index contributed by atoms with van der Waals surface area (Å²) in [6.07, 6.45) is 6.16. The molecule has 0 aliphatic carbocycles. The largest absolute Gasteiger partial charge is 0.481 e. The van der Waals surface area contributed by atoms with Crippen molar-refractivity contribution < 1.29 is 14.7 Å². The van der Waals surface area contributed by atoms with E-state index in [2.05, 4.69) is 5.10 Å². The lowest BCUT2D eigenvalue weighted by Gasteiger charge is -2.32. The number of aromatic nitrogens is 2. The first-order valence-corrected chi connectivity index (χ1v) is 7.83. The van der Waals surface area contributed by atoms with E-state index in [-0.39, 0.29) is 23.8 Å². The van der Waals surface area contributed by atoms with Gasteiger partial charge in [-0.05, 0) is 46.0 Å². The normalized spacial score (nSPS) is 19.2. The molecule has 0 radical (unpaired) electrons. The summed E-state index contributed by atoms with van der Waals surface area (Å²) in [4.78, 5) is 25.1. The molecular weight excluding hydrogens is 282 g/mol.